The van der Waals surface area contributed by atoms with Crippen molar-refractivity contribution in [1.82, 2.24) is 15.0 Å². The van der Waals surface area contributed by atoms with Crippen LogP contribution < -0.4 is 5.73 Å². The molecule has 0 unspecified atom stereocenters. The molecule has 0 atom stereocenters. The summed E-state index contributed by atoms with van der Waals surface area (Å²) in [5.41, 5.74) is 8.04. The summed E-state index contributed by atoms with van der Waals surface area (Å²) in [6, 6.07) is 7.38. The molecule has 3 aromatic rings. The van der Waals surface area contributed by atoms with Gasteiger partial charge in [0.1, 0.15) is 16.7 Å². The van der Waals surface area contributed by atoms with E-state index >= 15 is 0 Å². The minimum absolute atomic E-state index is 0.224. The molecule has 82 valence electrons. The molecule has 0 spiro atoms. The zero-order valence-corrected chi connectivity index (χ0v) is 9.28. The number of hydrogen-bond donors (Lipinski definition) is 2. The lowest BCUT2D eigenvalue weighted by molar-refractivity contribution is 1.34. The highest BCUT2D eigenvalue weighted by Gasteiger charge is 2.09. The van der Waals surface area contributed by atoms with E-state index in [2.05, 4.69) is 15.0 Å². The predicted octanol–water partition coefficient (Wildman–Crippen LogP) is 2.22. The molecule has 3 rings (SSSR count). The maximum absolute atomic E-state index is 8.89. The second-order valence-electron chi connectivity index (χ2n) is 3.59. The lowest BCUT2D eigenvalue weighted by Gasteiger charge is -2.02. The molecule has 0 fully saturated rings. The molecule has 0 aliphatic rings. The van der Waals surface area contributed by atoms with E-state index in [4.69, 9.17) is 22.6 Å². The fraction of sp³-hybridized carbons (Fsp3) is 0. The number of halogens is 1. The Morgan fingerprint density at radius 2 is 2.18 bits per heavy atom. The van der Waals surface area contributed by atoms with Crippen LogP contribution in [-0.2, 0) is 0 Å². The molecule has 0 saturated carbocycles. The van der Waals surface area contributed by atoms with Crippen LogP contribution in [-0.4, -0.2) is 15.0 Å². The van der Waals surface area contributed by atoms with Crippen LogP contribution in [0.5, 0.6) is 0 Å². The smallest absolute Gasteiger partial charge is 0.221 e. The van der Waals surface area contributed by atoms with E-state index in [1.165, 1.54) is 0 Å². The second-order valence-corrected chi connectivity index (χ2v) is 3.97. The third kappa shape index (κ3) is 1.39. The number of fused-ring (bicyclic) bond motifs is 3. The maximum atomic E-state index is 8.89. The van der Waals surface area contributed by atoms with Crippen LogP contribution in [0.1, 0.15) is 5.56 Å². The molecule has 2 aromatic heterocycles. The van der Waals surface area contributed by atoms with E-state index in [1.807, 2.05) is 18.2 Å². The van der Waals surface area contributed by atoms with Gasteiger partial charge in [-0.05, 0) is 12.1 Å². The fourth-order valence-electron chi connectivity index (χ4n) is 1.79. The van der Waals surface area contributed by atoms with Gasteiger partial charge in [0.05, 0.1) is 16.6 Å². The molecule has 1 aromatic carbocycles. The van der Waals surface area contributed by atoms with Gasteiger partial charge in [0.25, 0.3) is 0 Å². The number of imidazole rings is 1. The van der Waals surface area contributed by atoms with Crippen molar-refractivity contribution in [2.75, 3.05) is 5.73 Å². The Labute approximate surface area is 101 Å². The molecular weight excluding hydrogens is 238 g/mol. The molecule has 2 heterocycles. The number of pyridine rings is 1. The molecule has 0 aliphatic heterocycles. The second kappa shape index (κ2) is 3.34. The first-order valence-electron chi connectivity index (χ1n) is 4.83. The average molecular weight is 244 g/mol. The van der Waals surface area contributed by atoms with Crippen molar-refractivity contribution in [1.29, 1.82) is 5.26 Å². The molecule has 0 radical (unpaired) electrons. The lowest BCUT2D eigenvalue weighted by Crippen LogP contribution is -1.87. The molecule has 0 amide bonds. The summed E-state index contributed by atoms with van der Waals surface area (Å²) in [4.78, 5) is 11.2. The van der Waals surface area contributed by atoms with Gasteiger partial charge < -0.3 is 10.7 Å². The monoisotopic (exact) mass is 243 g/mol. The number of nitrogens with two attached hydrogens (primary N) is 1. The van der Waals surface area contributed by atoms with Crippen molar-refractivity contribution in [3.8, 4) is 6.07 Å². The summed E-state index contributed by atoms with van der Waals surface area (Å²) in [7, 11) is 0. The molecule has 3 N–H and O–H groups in total. The Morgan fingerprint density at radius 3 is 2.94 bits per heavy atom. The third-order valence-electron chi connectivity index (χ3n) is 2.54. The van der Waals surface area contributed by atoms with E-state index < -0.39 is 0 Å². The van der Waals surface area contributed by atoms with E-state index in [-0.39, 0.29) is 11.1 Å². The SMILES string of the molecule is N#Cc1cc2ccc3nc(N)nc3c2[nH]c1Cl. The molecule has 0 saturated heterocycles. The van der Waals surface area contributed by atoms with Gasteiger partial charge in [0.15, 0.2) is 0 Å². The molecule has 5 nitrogen and oxygen atoms in total. The Kier molecular flexibility index (Phi) is 1.94. The van der Waals surface area contributed by atoms with Crippen LogP contribution in [0.25, 0.3) is 21.9 Å². The van der Waals surface area contributed by atoms with E-state index in [1.54, 1.807) is 6.07 Å². The van der Waals surface area contributed by atoms with Gasteiger partial charge in [0, 0.05) is 5.39 Å². The van der Waals surface area contributed by atoms with E-state index in [0.717, 1.165) is 10.9 Å². The minimum Gasteiger partial charge on any atom is -0.368 e. The molecule has 0 aliphatic carbocycles. The molecule has 17 heavy (non-hydrogen) atoms. The number of benzene rings is 1. The quantitative estimate of drug-likeness (QED) is 0.592. The number of nitrogen functional groups attached to an aromatic ring is 1. The van der Waals surface area contributed by atoms with Gasteiger partial charge in [-0.1, -0.05) is 17.7 Å². The topological polar surface area (TPSA) is 91.4 Å². The molecular formula is C11H6ClN5. The average Bonchev–Trinajstić information content (AvgIpc) is 2.69. The van der Waals surface area contributed by atoms with E-state index in [0.29, 0.717) is 16.6 Å². The summed E-state index contributed by atoms with van der Waals surface area (Å²) in [6.07, 6.45) is 0. The third-order valence-corrected chi connectivity index (χ3v) is 2.84. The number of aromatic nitrogens is 3. The Bertz CT molecular complexity index is 784. The first kappa shape index (κ1) is 9.87. The van der Waals surface area contributed by atoms with Crippen molar-refractivity contribution in [2.45, 2.75) is 0 Å². The number of nitrogens with zero attached hydrogens (tertiary/aromatic N) is 3. The summed E-state index contributed by atoms with van der Waals surface area (Å²) in [5.74, 6) is 0.224. The van der Waals surface area contributed by atoms with Gasteiger partial charge in [-0.25, -0.2) is 9.97 Å². The zero-order valence-electron chi connectivity index (χ0n) is 8.53. The normalized spacial score (nSPS) is 10.8. The lowest BCUT2D eigenvalue weighted by atomic mass is 10.1. The standard InChI is InChI=1S/C11H6ClN5/c12-10-6(4-13)3-5-1-2-7-9(8(5)16-10)17-11(14)15-7/h1-3,16H,(H2,14,17). The van der Waals surface area contributed by atoms with Gasteiger partial charge >= 0.3 is 0 Å². The Hall–Kier alpha value is -2.32. The number of anilines is 1. The fourth-order valence-corrected chi connectivity index (χ4v) is 1.98. The molecule has 0 bridgehead atoms. The van der Waals surface area contributed by atoms with Crippen molar-refractivity contribution in [3.05, 3.63) is 28.9 Å². The van der Waals surface area contributed by atoms with Crippen LogP contribution >= 0.6 is 11.6 Å². The first-order chi connectivity index (χ1) is 8.19. The van der Waals surface area contributed by atoms with Crippen molar-refractivity contribution < 1.29 is 0 Å². The molecule has 6 heteroatoms. The van der Waals surface area contributed by atoms with Crippen molar-refractivity contribution in [3.63, 3.8) is 0 Å². The number of hydrogen-bond acceptors (Lipinski definition) is 4. The Morgan fingerprint density at radius 1 is 1.35 bits per heavy atom. The van der Waals surface area contributed by atoms with Crippen LogP contribution in [0.3, 0.4) is 0 Å². The van der Waals surface area contributed by atoms with Gasteiger partial charge in [-0.15, -0.1) is 0 Å². The van der Waals surface area contributed by atoms with Crippen LogP contribution in [0.2, 0.25) is 5.15 Å². The number of nitriles is 1. The summed E-state index contributed by atoms with van der Waals surface area (Å²) in [5, 5.41) is 10.0. The number of nitrogens with one attached hydrogen (secondary N) is 1. The highest BCUT2D eigenvalue weighted by Crippen LogP contribution is 2.26. The van der Waals surface area contributed by atoms with E-state index in [9.17, 15) is 0 Å². The highest BCUT2D eigenvalue weighted by atomic mass is 35.5. The summed E-state index contributed by atoms with van der Waals surface area (Å²) < 4.78 is 0. The Balaban J connectivity index is 2.51. The number of aromatic amines is 1. The minimum atomic E-state index is 0.224. The first-order valence-corrected chi connectivity index (χ1v) is 5.21. The van der Waals surface area contributed by atoms with Gasteiger partial charge in [-0.3, -0.25) is 0 Å². The summed E-state index contributed by atoms with van der Waals surface area (Å²) in [6.45, 7) is 0. The van der Waals surface area contributed by atoms with Crippen molar-refractivity contribution in [2.24, 2.45) is 0 Å². The van der Waals surface area contributed by atoms with Gasteiger partial charge in [-0.2, -0.15) is 5.26 Å². The van der Waals surface area contributed by atoms with Crippen LogP contribution in [0, 0.1) is 11.3 Å². The maximum Gasteiger partial charge on any atom is 0.221 e. The van der Waals surface area contributed by atoms with Crippen molar-refractivity contribution >= 4 is 39.5 Å². The number of H-pyrrole nitrogens is 1. The zero-order chi connectivity index (χ0) is 12.0. The largest absolute Gasteiger partial charge is 0.368 e. The number of rotatable bonds is 0. The van der Waals surface area contributed by atoms with Gasteiger partial charge in [0.2, 0.25) is 5.95 Å². The van der Waals surface area contributed by atoms with Crippen LogP contribution in [0.4, 0.5) is 5.95 Å². The van der Waals surface area contributed by atoms with Crippen LogP contribution in [0.15, 0.2) is 18.2 Å². The highest BCUT2D eigenvalue weighted by molar-refractivity contribution is 6.31. The summed E-state index contributed by atoms with van der Waals surface area (Å²) >= 11 is 5.95. The predicted molar refractivity (Wildman–Crippen MR) is 65.5 cm³/mol.